The van der Waals surface area contributed by atoms with Gasteiger partial charge in [-0.3, -0.25) is 9.69 Å². The van der Waals surface area contributed by atoms with E-state index < -0.39 is 0 Å². The molecule has 0 aliphatic carbocycles. The second kappa shape index (κ2) is 4.12. The maximum absolute atomic E-state index is 12.2. The van der Waals surface area contributed by atoms with Crippen LogP contribution < -0.4 is 0 Å². The summed E-state index contributed by atoms with van der Waals surface area (Å²) in [6, 6.07) is 7.56. The first-order chi connectivity index (χ1) is 8.68. The van der Waals surface area contributed by atoms with Gasteiger partial charge < -0.3 is 4.90 Å². The van der Waals surface area contributed by atoms with E-state index in [1.54, 1.807) is 4.90 Å². The highest BCUT2D eigenvalue weighted by atomic mass is 16.2. The molecule has 2 heterocycles. The molecule has 2 aliphatic rings. The number of urea groups is 1. The lowest BCUT2D eigenvalue weighted by Crippen LogP contribution is -2.32. The van der Waals surface area contributed by atoms with Gasteiger partial charge in [0.2, 0.25) is 0 Å². The molecule has 0 spiro atoms. The van der Waals surface area contributed by atoms with Crippen molar-refractivity contribution in [3.8, 4) is 0 Å². The molecule has 18 heavy (non-hydrogen) atoms. The standard InChI is InChI=1S/C14H16N2O2/c1-10-5-2-3-6-11(10)9-16-13(17)12-7-4-8-15(12)14(16)18/h2-3,5-6,12H,4,7-9H2,1H3. The van der Waals surface area contributed by atoms with Crippen molar-refractivity contribution >= 4 is 11.9 Å². The van der Waals surface area contributed by atoms with Crippen molar-refractivity contribution < 1.29 is 9.59 Å². The van der Waals surface area contributed by atoms with Crippen molar-refractivity contribution in [2.45, 2.75) is 32.4 Å². The van der Waals surface area contributed by atoms with E-state index in [1.807, 2.05) is 31.2 Å². The Morgan fingerprint density at radius 3 is 2.78 bits per heavy atom. The minimum absolute atomic E-state index is 0.0271. The number of hydrogen-bond acceptors (Lipinski definition) is 2. The fourth-order valence-electron chi connectivity index (χ4n) is 2.78. The number of rotatable bonds is 2. The summed E-state index contributed by atoms with van der Waals surface area (Å²) in [6.45, 7) is 3.12. The summed E-state index contributed by atoms with van der Waals surface area (Å²) in [6.07, 6.45) is 1.76. The number of benzene rings is 1. The third-order valence-corrected chi connectivity index (χ3v) is 3.87. The lowest BCUT2D eigenvalue weighted by atomic mass is 10.1. The molecular weight excluding hydrogens is 228 g/mol. The van der Waals surface area contributed by atoms with Crippen molar-refractivity contribution in [1.82, 2.24) is 9.80 Å². The molecule has 0 radical (unpaired) electrons. The Bertz CT molecular complexity index is 490. The van der Waals surface area contributed by atoms with Gasteiger partial charge in [-0.05, 0) is 30.9 Å². The highest BCUT2D eigenvalue weighted by Crippen LogP contribution is 2.28. The zero-order valence-corrected chi connectivity index (χ0v) is 10.4. The van der Waals surface area contributed by atoms with E-state index in [-0.39, 0.29) is 18.0 Å². The van der Waals surface area contributed by atoms with Gasteiger partial charge in [-0.15, -0.1) is 0 Å². The molecule has 4 nitrogen and oxygen atoms in total. The Balaban J connectivity index is 1.84. The lowest BCUT2D eigenvalue weighted by Gasteiger charge is -2.16. The summed E-state index contributed by atoms with van der Waals surface area (Å²) in [7, 11) is 0. The maximum atomic E-state index is 12.2. The van der Waals surface area contributed by atoms with Crippen LogP contribution in [0.4, 0.5) is 4.79 Å². The van der Waals surface area contributed by atoms with Gasteiger partial charge in [0, 0.05) is 6.54 Å². The fourth-order valence-corrected chi connectivity index (χ4v) is 2.78. The van der Waals surface area contributed by atoms with Crippen molar-refractivity contribution in [3.05, 3.63) is 35.4 Å². The van der Waals surface area contributed by atoms with Gasteiger partial charge in [-0.1, -0.05) is 24.3 Å². The molecule has 3 rings (SSSR count). The Labute approximate surface area is 106 Å². The summed E-state index contributed by atoms with van der Waals surface area (Å²) >= 11 is 0. The molecule has 1 aromatic rings. The van der Waals surface area contributed by atoms with Crippen molar-refractivity contribution in [2.75, 3.05) is 6.54 Å². The highest BCUT2D eigenvalue weighted by molar-refractivity contribution is 6.04. The Kier molecular flexibility index (Phi) is 2.58. The van der Waals surface area contributed by atoms with E-state index in [2.05, 4.69) is 0 Å². The molecule has 0 saturated carbocycles. The summed E-state index contributed by atoms with van der Waals surface area (Å²) in [5.41, 5.74) is 2.16. The number of hydrogen-bond donors (Lipinski definition) is 0. The van der Waals surface area contributed by atoms with Crippen LogP contribution in [-0.4, -0.2) is 34.3 Å². The normalized spacial score (nSPS) is 22.8. The van der Waals surface area contributed by atoms with Crippen LogP contribution >= 0.6 is 0 Å². The van der Waals surface area contributed by atoms with Crippen LogP contribution in [0.3, 0.4) is 0 Å². The zero-order valence-electron chi connectivity index (χ0n) is 10.4. The van der Waals surface area contributed by atoms with Crippen molar-refractivity contribution in [3.63, 3.8) is 0 Å². The second-order valence-corrected chi connectivity index (χ2v) is 4.98. The second-order valence-electron chi connectivity index (χ2n) is 4.98. The van der Waals surface area contributed by atoms with E-state index in [9.17, 15) is 9.59 Å². The van der Waals surface area contributed by atoms with E-state index in [0.717, 1.165) is 30.5 Å². The maximum Gasteiger partial charge on any atom is 0.327 e. The van der Waals surface area contributed by atoms with Crippen LogP contribution in [0.1, 0.15) is 24.0 Å². The Hall–Kier alpha value is -1.84. The van der Waals surface area contributed by atoms with Crippen LogP contribution in [0.25, 0.3) is 0 Å². The Morgan fingerprint density at radius 1 is 1.28 bits per heavy atom. The van der Waals surface area contributed by atoms with E-state index >= 15 is 0 Å². The lowest BCUT2D eigenvalue weighted by molar-refractivity contribution is -0.128. The zero-order chi connectivity index (χ0) is 12.7. The third kappa shape index (κ3) is 1.60. The minimum Gasteiger partial charge on any atom is -0.312 e. The molecule has 0 bridgehead atoms. The van der Waals surface area contributed by atoms with Gasteiger partial charge in [-0.2, -0.15) is 0 Å². The number of carbonyl (C=O) groups excluding carboxylic acids is 2. The summed E-state index contributed by atoms with van der Waals surface area (Å²) < 4.78 is 0. The van der Waals surface area contributed by atoms with E-state index in [4.69, 9.17) is 0 Å². The largest absolute Gasteiger partial charge is 0.327 e. The predicted molar refractivity (Wildman–Crippen MR) is 66.9 cm³/mol. The highest BCUT2D eigenvalue weighted by Gasteiger charge is 2.47. The first-order valence-corrected chi connectivity index (χ1v) is 6.35. The summed E-state index contributed by atoms with van der Waals surface area (Å²) in [4.78, 5) is 27.4. The summed E-state index contributed by atoms with van der Waals surface area (Å²) in [5.74, 6) is -0.0271. The summed E-state index contributed by atoms with van der Waals surface area (Å²) in [5, 5.41) is 0. The van der Waals surface area contributed by atoms with Crippen LogP contribution in [0.5, 0.6) is 0 Å². The number of carbonyl (C=O) groups is 2. The number of nitrogens with zero attached hydrogens (tertiary/aromatic N) is 2. The molecule has 3 amide bonds. The van der Waals surface area contributed by atoms with Gasteiger partial charge >= 0.3 is 6.03 Å². The SMILES string of the molecule is Cc1ccccc1CN1C(=O)C2CCCN2C1=O. The minimum atomic E-state index is -0.193. The molecule has 0 aromatic heterocycles. The van der Waals surface area contributed by atoms with Crippen LogP contribution in [0.15, 0.2) is 24.3 Å². The topological polar surface area (TPSA) is 40.6 Å². The molecule has 1 aromatic carbocycles. The average Bonchev–Trinajstić information content (AvgIpc) is 2.92. The van der Waals surface area contributed by atoms with Crippen LogP contribution in [0.2, 0.25) is 0 Å². The van der Waals surface area contributed by atoms with Crippen LogP contribution in [0, 0.1) is 6.92 Å². The van der Waals surface area contributed by atoms with Crippen molar-refractivity contribution in [1.29, 1.82) is 0 Å². The fraction of sp³-hybridized carbons (Fsp3) is 0.429. The molecular formula is C14H16N2O2. The first kappa shape index (κ1) is 11.3. The molecule has 2 saturated heterocycles. The van der Waals surface area contributed by atoms with Gasteiger partial charge in [-0.25, -0.2) is 4.79 Å². The molecule has 0 N–H and O–H groups in total. The molecule has 2 aliphatic heterocycles. The molecule has 1 atom stereocenters. The number of amides is 3. The van der Waals surface area contributed by atoms with Crippen molar-refractivity contribution in [2.24, 2.45) is 0 Å². The number of fused-ring (bicyclic) bond motifs is 1. The monoisotopic (exact) mass is 244 g/mol. The van der Waals surface area contributed by atoms with Gasteiger partial charge in [0.1, 0.15) is 6.04 Å². The number of aryl methyl sites for hydroxylation is 1. The van der Waals surface area contributed by atoms with E-state index in [0.29, 0.717) is 6.54 Å². The van der Waals surface area contributed by atoms with Gasteiger partial charge in [0.05, 0.1) is 6.54 Å². The molecule has 1 unspecified atom stereocenters. The Morgan fingerprint density at radius 2 is 2.06 bits per heavy atom. The predicted octanol–water partition coefficient (Wildman–Crippen LogP) is 1.92. The first-order valence-electron chi connectivity index (χ1n) is 6.35. The molecule has 2 fully saturated rings. The smallest absolute Gasteiger partial charge is 0.312 e. The number of imide groups is 1. The van der Waals surface area contributed by atoms with E-state index in [1.165, 1.54) is 4.90 Å². The third-order valence-electron chi connectivity index (χ3n) is 3.87. The quantitative estimate of drug-likeness (QED) is 0.746. The average molecular weight is 244 g/mol. The van der Waals surface area contributed by atoms with Gasteiger partial charge in [0.15, 0.2) is 0 Å². The molecule has 4 heteroatoms. The van der Waals surface area contributed by atoms with Crippen LogP contribution in [-0.2, 0) is 11.3 Å². The molecule has 94 valence electrons. The van der Waals surface area contributed by atoms with Gasteiger partial charge in [0.25, 0.3) is 5.91 Å².